The largest absolute Gasteiger partial charge is 0.393 e. The average molecular weight is 306 g/mol. The normalized spacial score (nSPS) is 16.7. The number of carbonyl (C=O) groups excluding carboxylic acids is 1. The zero-order valence-corrected chi connectivity index (χ0v) is 13.1. The smallest absolute Gasteiger partial charge is 0.246 e. The summed E-state index contributed by atoms with van der Waals surface area (Å²) in [7, 11) is 0. The average Bonchev–Trinajstić information content (AvgIpc) is 2.53. The van der Waals surface area contributed by atoms with Gasteiger partial charge in [0.25, 0.3) is 0 Å². The van der Waals surface area contributed by atoms with Crippen molar-refractivity contribution < 1.29 is 14.3 Å². The van der Waals surface area contributed by atoms with Crippen LogP contribution in [0.25, 0.3) is 0 Å². The number of allylic oxidation sites excluding steroid dienone is 1. The summed E-state index contributed by atoms with van der Waals surface area (Å²) >= 11 is 0. The molecular weight excluding hydrogens is 283 g/mol. The predicted molar refractivity (Wildman–Crippen MR) is 85.1 cm³/mol. The van der Waals surface area contributed by atoms with Crippen molar-refractivity contribution in [3.8, 4) is 0 Å². The Hall–Kier alpha value is -1.88. The predicted octanol–water partition coefficient (Wildman–Crippen LogP) is 2.37. The van der Waals surface area contributed by atoms with Gasteiger partial charge in [-0.3, -0.25) is 4.79 Å². The number of carbonyl (C=O) groups is 1. The number of benzene rings is 1. The molecule has 1 aromatic rings. The topological polar surface area (TPSA) is 52.6 Å². The summed E-state index contributed by atoms with van der Waals surface area (Å²) in [6, 6.07) is 5.04. The van der Waals surface area contributed by atoms with Gasteiger partial charge in [-0.25, -0.2) is 4.39 Å². The molecule has 1 aliphatic rings. The van der Waals surface area contributed by atoms with E-state index in [1.165, 1.54) is 6.07 Å². The molecular formula is C17H23FN2O2. The summed E-state index contributed by atoms with van der Waals surface area (Å²) in [5, 5.41) is 12.3. The molecule has 1 heterocycles. The Morgan fingerprint density at radius 3 is 2.73 bits per heavy atom. The molecule has 0 atom stereocenters. The van der Waals surface area contributed by atoms with Crippen LogP contribution in [0.2, 0.25) is 0 Å². The maximum Gasteiger partial charge on any atom is 0.246 e. The van der Waals surface area contributed by atoms with Gasteiger partial charge in [0, 0.05) is 25.2 Å². The van der Waals surface area contributed by atoms with Gasteiger partial charge < -0.3 is 15.3 Å². The van der Waals surface area contributed by atoms with Crippen LogP contribution in [-0.2, 0) is 11.3 Å². The minimum atomic E-state index is -0.286. The number of aliphatic hydroxyl groups is 1. The number of aliphatic hydroxyl groups excluding tert-OH is 1. The Morgan fingerprint density at radius 1 is 1.45 bits per heavy atom. The van der Waals surface area contributed by atoms with E-state index in [9.17, 15) is 14.3 Å². The van der Waals surface area contributed by atoms with Crippen LogP contribution in [0.1, 0.15) is 32.3 Å². The fourth-order valence-electron chi connectivity index (χ4n) is 2.48. The third-order valence-corrected chi connectivity index (χ3v) is 4.06. The fraction of sp³-hybridized carbons (Fsp3) is 0.471. The lowest BCUT2D eigenvalue weighted by Crippen LogP contribution is -2.36. The Morgan fingerprint density at radius 2 is 2.14 bits per heavy atom. The number of amides is 1. The number of nitrogens with one attached hydrogen (secondary N) is 1. The Kier molecular flexibility index (Phi) is 5.55. The molecule has 1 fully saturated rings. The zero-order chi connectivity index (χ0) is 16.1. The van der Waals surface area contributed by atoms with Gasteiger partial charge in [0.2, 0.25) is 5.91 Å². The number of nitrogens with zero attached hydrogens (tertiary/aromatic N) is 1. The van der Waals surface area contributed by atoms with Crippen molar-refractivity contribution in [2.75, 3.05) is 18.0 Å². The van der Waals surface area contributed by atoms with E-state index in [2.05, 4.69) is 5.32 Å². The highest BCUT2D eigenvalue weighted by molar-refractivity contribution is 5.92. The van der Waals surface area contributed by atoms with Gasteiger partial charge in [0.1, 0.15) is 5.82 Å². The van der Waals surface area contributed by atoms with Crippen LogP contribution < -0.4 is 10.2 Å². The standard InChI is InChI=1S/C17H23FN2O2/c1-3-12(2)17(22)19-11-13-4-5-16(15(18)10-13)20-8-6-14(21)7-9-20/h3-5,10,14,21H,6-9,11H2,1-2H3,(H,19,22). The first-order valence-electron chi connectivity index (χ1n) is 7.64. The van der Waals surface area contributed by atoms with Crippen molar-refractivity contribution in [2.45, 2.75) is 39.3 Å². The van der Waals surface area contributed by atoms with E-state index in [0.717, 1.165) is 5.56 Å². The SMILES string of the molecule is CC=C(C)C(=O)NCc1ccc(N2CCC(O)CC2)c(F)c1. The lowest BCUT2D eigenvalue weighted by Gasteiger charge is -2.31. The van der Waals surface area contributed by atoms with Gasteiger partial charge in [0.05, 0.1) is 11.8 Å². The highest BCUT2D eigenvalue weighted by atomic mass is 19.1. The van der Waals surface area contributed by atoms with E-state index < -0.39 is 0 Å². The van der Waals surface area contributed by atoms with E-state index in [1.807, 2.05) is 11.0 Å². The zero-order valence-electron chi connectivity index (χ0n) is 13.1. The van der Waals surface area contributed by atoms with Crippen molar-refractivity contribution in [3.05, 3.63) is 41.2 Å². The maximum absolute atomic E-state index is 14.3. The van der Waals surface area contributed by atoms with Crippen molar-refractivity contribution in [1.29, 1.82) is 0 Å². The van der Waals surface area contributed by atoms with Crippen LogP contribution in [0.4, 0.5) is 10.1 Å². The molecule has 1 aliphatic heterocycles. The Labute approximate surface area is 130 Å². The molecule has 1 amide bonds. The molecule has 0 aliphatic carbocycles. The molecule has 0 aromatic heterocycles. The van der Waals surface area contributed by atoms with E-state index in [1.54, 1.807) is 26.0 Å². The number of hydrogen-bond acceptors (Lipinski definition) is 3. The molecule has 0 unspecified atom stereocenters. The number of hydrogen-bond donors (Lipinski definition) is 2. The van der Waals surface area contributed by atoms with Gasteiger partial charge in [-0.1, -0.05) is 12.1 Å². The molecule has 2 rings (SSSR count). The molecule has 0 saturated carbocycles. The van der Waals surface area contributed by atoms with Gasteiger partial charge in [-0.2, -0.15) is 0 Å². The van der Waals surface area contributed by atoms with E-state index in [-0.39, 0.29) is 17.8 Å². The second-order valence-corrected chi connectivity index (χ2v) is 5.66. The number of rotatable bonds is 4. The van der Waals surface area contributed by atoms with Crippen LogP contribution in [0, 0.1) is 5.82 Å². The van der Waals surface area contributed by atoms with Gasteiger partial charge in [-0.05, 0) is 44.4 Å². The highest BCUT2D eigenvalue weighted by Crippen LogP contribution is 2.24. The molecule has 22 heavy (non-hydrogen) atoms. The van der Waals surface area contributed by atoms with E-state index >= 15 is 0 Å². The monoisotopic (exact) mass is 306 g/mol. The first-order chi connectivity index (χ1) is 10.5. The molecule has 1 aromatic carbocycles. The van der Waals surface area contributed by atoms with E-state index in [0.29, 0.717) is 43.7 Å². The van der Waals surface area contributed by atoms with Gasteiger partial charge >= 0.3 is 0 Å². The third kappa shape index (κ3) is 4.07. The second-order valence-electron chi connectivity index (χ2n) is 5.66. The minimum absolute atomic E-state index is 0.142. The molecule has 120 valence electrons. The Bertz CT molecular complexity index is 564. The highest BCUT2D eigenvalue weighted by Gasteiger charge is 2.19. The van der Waals surface area contributed by atoms with Crippen LogP contribution in [-0.4, -0.2) is 30.2 Å². The second kappa shape index (κ2) is 7.40. The van der Waals surface area contributed by atoms with Crippen molar-refractivity contribution >= 4 is 11.6 Å². The molecule has 0 bridgehead atoms. The lowest BCUT2D eigenvalue weighted by molar-refractivity contribution is -0.117. The first-order valence-corrected chi connectivity index (χ1v) is 7.64. The van der Waals surface area contributed by atoms with Crippen molar-refractivity contribution in [2.24, 2.45) is 0 Å². The van der Waals surface area contributed by atoms with Crippen molar-refractivity contribution in [1.82, 2.24) is 5.32 Å². The molecule has 0 radical (unpaired) electrons. The van der Waals surface area contributed by atoms with Gasteiger partial charge in [0.15, 0.2) is 0 Å². The molecule has 0 spiro atoms. The number of halogens is 1. The number of anilines is 1. The summed E-state index contributed by atoms with van der Waals surface area (Å²) in [6.45, 7) is 5.17. The fourth-order valence-corrected chi connectivity index (χ4v) is 2.48. The third-order valence-electron chi connectivity index (χ3n) is 4.06. The molecule has 5 heteroatoms. The van der Waals surface area contributed by atoms with Crippen LogP contribution in [0.5, 0.6) is 0 Å². The minimum Gasteiger partial charge on any atom is -0.393 e. The quantitative estimate of drug-likeness (QED) is 0.840. The molecule has 1 saturated heterocycles. The summed E-state index contributed by atoms with van der Waals surface area (Å²) in [4.78, 5) is 13.6. The van der Waals surface area contributed by atoms with Crippen LogP contribution in [0.15, 0.2) is 29.8 Å². The van der Waals surface area contributed by atoms with Crippen molar-refractivity contribution in [3.63, 3.8) is 0 Å². The maximum atomic E-state index is 14.3. The summed E-state index contributed by atoms with van der Waals surface area (Å²) in [6.07, 6.45) is 2.80. The first kappa shape index (κ1) is 16.5. The molecule has 4 nitrogen and oxygen atoms in total. The summed E-state index contributed by atoms with van der Waals surface area (Å²) in [5.41, 5.74) is 1.94. The van der Waals surface area contributed by atoms with Gasteiger partial charge in [-0.15, -0.1) is 0 Å². The Balaban J connectivity index is 1.99. The van der Waals surface area contributed by atoms with Crippen LogP contribution >= 0.6 is 0 Å². The number of piperidine rings is 1. The summed E-state index contributed by atoms with van der Waals surface area (Å²) in [5.74, 6) is -0.428. The lowest BCUT2D eigenvalue weighted by atomic mass is 10.1. The summed E-state index contributed by atoms with van der Waals surface area (Å²) < 4.78 is 14.3. The van der Waals surface area contributed by atoms with E-state index in [4.69, 9.17) is 0 Å². The van der Waals surface area contributed by atoms with Crippen LogP contribution in [0.3, 0.4) is 0 Å². The molecule has 2 N–H and O–H groups in total.